The maximum atomic E-state index is 13.1. The second-order valence-corrected chi connectivity index (χ2v) is 8.17. The lowest BCUT2D eigenvalue weighted by molar-refractivity contribution is 0.0971. The number of nitrogens with zero attached hydrogens (tertiary/aromatic N) is 2. The average molecular weight is 433 g/mol. The molecule has 0 fully saturated rings. The van der Waals surface area contributed by atoms with E-state index in [0.29, 0.717) is 21.7 Å². The molecule has 0 atom stereocenters. The van der Waals surface area contributed by atoms with E-state index in [1.54, 1.807) is 47.5 Å². The molecule has 0 aliphatic heterocycles. The lowest BCUT2D eigenvalue weighted by atomic mass is 9.99. The summed E-state index contributed by atoms with van der Waals surface area (Å²) in [5.41, 5.74) is 4.07. The third-order valence-corrected chi connectivity index (χ3v) is 5.87. The lowest BCUT2D eigenvalue weighted by Crippen LogP contribution is -2.33. The van der Waals surface area contributed by atoms with Crippen LogP contribution < -0.4 is 16.2 Å². The van der Waals surface area contributed by atoms with E-state index in [0.717, 1.165) is 22.2 Å². The van der Waals surface area contributed by atoms with Gasteiger partial charge in [0, 0.05) is 35.6 Å². The third-order valence-electron chi connectivity index (χ3n) is 5.00. The Labute approximate surface area is 182 Å². The zero-order valence-electron chi connectivity index (χ0n) is 17.2. The van der Waals surface area contributed by atoms with Gasteiger partial charge in [-0.2, -0.15) is 0 Å². The Morgan fingerprint density at radius 3 is 2.61 bits per heavy atom. The van der Waals surface area contributed by atoms with Crippen molar-refractivity contribution in [1.82, 2.24) is 14.9 Å². The summed E-state index contributed by atoms with van der Waals surface area (Å²) < 4.78 is 1.60. The van der Waals surface area contributed by atoms with Crippen LogP contribution in [0.3, 0.4) is 0 Å². The molecule has 0 aliphatic carbocycles. The molecule has 7 nitrogen and oxygen atoms in total. The molecule has 0 saturated carbocycles. The minimum Gasteiger partial charge on any atom is -0.311 e. The Hall–Kier alpha value is -3.78. The van der Waals surface area contributed by atoms with Crippen LogP contribution in [0.5, 0.6) is 0 Å². The van der Waals surface area contributed by atoms with E-state index in [9.17, 15) is 14.4 Å². The monoisotopic (exact) mass is 432 g/mol. The zero-order valence-corrected chi connectivity index (χ0v) is 18.0. The smallest absolute Gasteiger partial charge is 0.311 e. The molecule has 3 amide bonds. The number of hydrogen-bond acceptors (Lipinski definition) is 5. The number of nitrogens with one attached hydrogen (secondary N) is 2. The highest BCUT2D eigenvalue weighted by Crippen LogP contribution is 2.27. The van der Waals surface area contributed by atoms with Crippen LogP contribution >= 0.6 is 11.3 Å². The second kappa shape index (κ2) is 8.16. The van der Waals surface area contributed by atoms with Gasteiger partial charge in [-0.25, -0.2) is 4.79 Å². The summed E-state index contributed by atoms with van der Waals surface area (Å²) in [6, 6.07) is 11.7. The first-order chi connectivity index (χ1) is 14.8. The Balaban J connectivity index is 1.66. The standard InChI is InChI=1S/C23H20N4O3S/c1-13-6-7-16(25-23(30)26-21(28)20-5-4-8-31-20)11-17(13)18-10-15-12-24-14(2)9-19(15)27(3)22(18)29/h4-12H,1-3H3,(H2,25,26,28,30). The van der Waals surface area contributed by atoms with Gasteiger partial charge in [-0.1, -0.05) is 12.1 Å². The number of benzene rings is 1. The molecule has 3 aromatic heterocycles. The van der Waals surface area contributed by atoms with Gasteiger partial charge in [0.05, 0.1) is 10.4 Å². The molecule has 156 valence electrons. The first kappa shape index (κ1) is 20.5. The van der Waals surface area contributed by atoms with Crippen molar-refractivity contribution in [1.29, 1.82) is 0 Å². The van der Waals surface area contributed by atoms with Crippen molar-refractivity contribution >= 4 is 39.9 Å². The Kier molecular flexibility index (Phi) is 5.39. The molecule has 0 aliphatic rings. The number of urea groups is 1. The van der Waals surface area contributed by atoms with Gasteiger partial charge in [0.15, 0.2) is 0 Å². The fourth-order valence-corrected chi connectivity index (χ4v) is 4.00. The minimum absolute atomic E-state index is 0.143. The van der Waals surface area contributed by atoms with E-state index in [4.69, 9.17) is 0 Å². The maximum Gasteiger partial charge on any atom is 0.326 e. The van der Waals surface area contributed by atoms with Crippen LogP contribution in [-0.2, 0) is 7.05 Å². The van der Waals surface area contributed by atoms with Crippen molar-refractivity contribution in [3.8, 4) is 11.1 Å². The normalized spacial score (nSPS) is 10.8. The number of pyridine rings is 2. The molecular weight excluding hydrogens is 412 g/mol. The van der Waals surface area contributed by atoms with Gasteiger partial charge in [0.2, 0.25) is 0 Å². The number of fused-ring (bicyclic) bond motifs is 1. The van der Waals surface area contributed by atoms with Crippen molar-refractivity contribution in [2.75, 3.05) is 5.32 Å². The maximum absolute atomic E-state index is 13.1. The molecule has 1 aromatic carbocycles. The van der Waals surface area contributed by atoms with Gasteiger partial charge in [-0.05, 0) is 60.7 Å². The van der Waals surface area contributed by atoms with Gasteiger partial charge in [-0.15, -0.1) is 11.3 Å². The Morgan fingerprint density at radius 1 is 1.06 bits per heavy atom. The number of aromatic nitrogens is 2. The van der Waals surface area contributed by atoms with Crippen LogP contribution in [0.4, 0.5) is 10.5 Å². The molecule has 0 saturated heterocycles. The summed E-state index contributed by atoms with van der Waals surface area (Å²) in [4.78, 5) is 42.2. The molecule has 4 aromatic rings. The van der Waals surface area contributed by atoms with Crippen LogP contribution in [0.1, 0.15) is 20.9 Å². The number of hydrogen-bond donors (Lipinski definition) is 2. The largest absolute Gasteiger partial charge is 0.326 e. The van der Waals surface area contributed by atoms with Gasteiger partial charge >= 0.3 is 6.03 Å². The van der Waals surface area contributed by atoms with Crippen LogP contribution in [0.15, 0.2) is 58.8 Å². The number of rotatable bonds is 3. The molecule has 3 heterocycles. The highest BCUT2D eigenvalue weighted by Gasteiger charge is 2.15. The molecule has 0 radical (unpaired) electrons. The molecule has 2 N–H and O–H groups in total. The first-order valence-corrected chi connectivity index (χ1v) is 10.4. The van der Waals surface area contributed by atoms with Crippen molar-refractivity contribution in [3.05, 3.63) is 80.5 Å². The zero-order chi connectivity index (χ0) is 22.1. The summed E-state index contributed by atoms with van der Waals surface area (Å²) in [5, 5.41) is 7.58. The predicted octanol–water partition coefficient (Wildman–Crippen LogP) is 4.24. The van der Waals surface area contributed by atoms with Gasteiger partial charge in [0.1, 0.15) is 0 Å². The van der Waals surface area contributed by atoms with E-state index < -0.39 is 11.9 Å². The fourth-order valence-electron chi connectivity index (χ4n) is 3.38. The molecular formula is C23H20N4O3S. The molecule has 0 bridgehead atoms. The number of imide groups is 1. The molecule has 0 unspecified atom stereocenters. The van der Waals surface area contributed by atoms with E-state index >= 15 is 0 Å². The lowest BCUT2D eigenvalue weighted by Gasteiger charge is -2.13. The quantitative estimate of drug-likeness (QED) is 0.506. The van der Waals surface area contributed by atoms with Crippen molar-refractivity contribution in [3.63, 3.8) is 0 Å². The summed E-state index contributed by atoms with van der Waals surface area (Å²) >= 11 is 1.25. The number of anilines is 1. The SMILES string of the molecule is Cc1cc2c(cn1)cc(-c1cc(NC(=O)NC(=O)c3cccs3)ccc1C)c(=O)n2C. The van der Waals surface area contributed by atoms with Crippen LogP contribution in [0.25, 0.3) is 22.0 Å². The highest BCUT2D eigenvalue weighted by atomic mass is 32.1. The number of carbonyl (C=O) groups excluding carboxylic acids is 2. The van der Waals surface area contributed by atoms with E-state index in [2.05, 4.69) is 15.6 Å². The number of thiophene rings is 1. The number of amides is 3. The fraction of sp³-hybridized carbons (Fsp3) is 0.130. The van der Waals surface area contributed by atoms with Crippen LogP contribution in [0.2, 0.25) is 0 Å². The van der Waals surface area contributed by atoms with Crippen LogP contribution in [0, 0.1) is 13.8 Å². The number of aryl methyl sites for hydroxylation is 3. The average Bonchev–Trinajstić information content (AvgIpc) is 3.28. The second-order valence-electron chi connectivity index (χ2n) is 7.22. The van der Waals surface area contributed by atoms with E-state index in [-0.39, 0.29) is 5.56 Å². The number of carbonyl (C=O) groups is 2. The van der Waals surface area contributed by atoms with E-state index in [1.165, 1.54) is 11.3 Å². The Bertz CT molecular complexity index is 1370. The van der Waals surface area contributed by atoms with Gasteiger partial charge in [0.25, 0.3) is 11.5 Å². The van der Waals surface area contributed by atoms with Crippen molar-refractivity contribution in [2.45, 2.75) is 13.8 Å². The van der Waals surface area contributed by atoms with Crippen molar-refractivity contribution in [2.24, 2.45) is 7.05 Å². The predicted molar refractivity (Wildman–Crippen MR) is 123 cm³/mol. The Morgan fingerprint density at radius 2 is 1.87 bits per heavy atom. The molecule has 4 rings (SSSR count). The van der Waals surface area contributed by atoms with Gasteiger partial charge in [-0.3, -0.25) is 19.9 Å². The third kappa shape index (κ3) is 4.10. The molecule has 0 spiro atoms. The first-order valence-electron chi connectivity index (χ1n) is 9.57. The summed E-state index contributed by atoms with van der Waals surface area (Å²) in [7, 11) is 1.73. The summed E-state index contributed by atoms with van der Waals surface area (Å²) in [6.07, 6.45) is 1.74. The topological polar surface area (TPSA) is 93.1 Å². The van der Waals surface area contributed by atoms with E-state index in [1.807, 2.05) is 32.0 Å². The van der Waals surface area contributed by atoms with Crippen LogP contribution in [-0.4, -0.2) is 21.5 Å². The molecule has 8 heteroatoms. The highest BCUT2D eigenvalue weighted by molar-refractivity contribution is 7.12. The summed E-state index contributed by atoms with van der Waals surface area (Å²) in [6.45, 7) is 3.78. The molecule has 31 heavy (non-hydrogen) atoms. The van der Waals surface area contributed by atoms with Crippen molar-refractivity contribution < 1.29 is 9.59 Å². The summed E-state index contributed by atoms with van der Waals surface area (Å²) in [5.74, 6) is -0.467. The minimum atomic E-state index is -0.640. The van der Waals surface area contributed by atoms with Gasteiger partial charge < -0.3 is 9.88 Å².